The Bertz CT molecular complexity index is 477. The summed E-state index contributed by atoms with van der Waals surface area (Å²) >= 11 is 0. The minimum atomic E-state index is -0.741. The summed E-state index contributed by atoms with van der Waals surface area (Å²) in [5.74, 6) is -0.702. The molecule has 1 unspecified atom stereocenters. The van der Waals surface area contributed by atoms with Crippen molar-refractivity contribution >= 4 is 17.6 Å². The molecule has 0 saturated heterocycles. The highest BCUT2D eigenvalue weighted by Gasteiger charge is 2.25. The van der Waals surface area contributed by atoms with Crippen molar-refractivity contribution in [2.45, 2.75) is 44.6 Å². The number of amides is 1. The largest absolute Gasteiger partial charge is 0.481 e. The van der Waals surface area contributed by atoms with E-state index in [0.29, 0.717) is 13.0 Å². The number of benzene rings is 1. The van der Waals surface area contributed by atoms with Crippen LogP contribution in [-0.4, -0.2) is 29.6 Å². The van der Waals surface area contributed by atoms with E-state index in [4.69, 9.17) is 5.11 Å². The zero-order chi connectivity index (χ0) is 15.1. The highest BCUT2D eigenvalue weighted by molar-refractivity contribution is 5.87. The molecule has 1 atom stereocenters. The topological polar surface area (TPSA) is 78.4 Å². The summed E-state index contributed by atoms with van der Waals surface area (Å²) in [6.45, 7) is 0.653. The van der Waals surface area contributed by atoms with E-state index in [0.717, 1.165) is 31.4 Å². The molecule has 5 nitrogen and oxygen atoms in total. The van der Waals surface area contributed by atoms with Crippen LogP contribution in [0.5, 0.6) is 0 Å². The van der Waals surface area contributed by atoms with Crippen molar-refractivity contribution in [2.24, 2.45) is 0 Å². The Morgan fingerprint density at radius 3 is 2.71 bits per heavy atom. The number of anilines is 1. The maximum atomic E-state index is 12.0. The van der Waals surface area contributed by atoms with Crippen molar-refractivity contribution in [3.63, 3.8) is 0 Å². The van der Waals surface area contributed by atoms with E-state index in [9.17, 15) is 9.59 Å². The summed E-state index contributed by atoms with van der Waals surface area (Å²) in [5, 5.41) is 14.7. The monoisotopic (exact) mass is 290 g/mol. The van der Waals surface area contributed by atoms with E-state index in [1.165, 1.54) is 5.56 Å². The number of carboxylic acids is 1. The van der Waals surface area contributed by atoms with Crippen LogP contribution in [-0.2, 0) is 16.0 Å². The number of para-hydroxylation sites is 1. The summed E-state index contributed by atoms with van der Waals surface area (Å²) in [4.78, 5) is 22.4. The Hall–Kier alpha value is -2.04. The van der Waals surface area contributed by atoms with Crippen LogP contribution in [0.4, 0.5) is 5.69 Å². The standard InChI is InChI=1S/C16H22N2O3/c19-15(20)9-3-1-2-6-10-17-16(21)14-11-12-7-4-5-8-13(12)18-14/h4-5,7-8,14,18H,1-3,6,9-11H2,(H,17,21)(H,19,20). The van der Waals surface area contributed by atoms with Gasteiger partial charge in [0.1, 0.15) is 6.04 Å². The number of carbonyl (C=O) groups is 2. The molecule has 5 heteroatoms. The van der Waals surface area contributed by atoms with Crippen LogP contribution in [0.1, 0.15) is 37.7 Å². The minimum absolute atomic E-state index is 0.0386. The molecule has 0 radical (unpaired) electrons. The van der Waals surface area contributed by atoms with Gasteiger partial charge >= 0.3 is 5.97 Å². The van der Waals surface area contributed by atoms with Crippen molar-refractivity contribution in [3.05, 3.63) is 29.8 Å². The van der Waals surface area contributed by atoms with Crippen molar-refractivity contribution in [2.75, 3.05) is 11.9 Å². The van der Waals surface area contributed by atoms with Crippen LogP contribution in [0.25, 0.3) is 0 Å². The molecule has 1 aliphatic rings. The lowest BCUT2D eigenvalue weighted by Crippen LogP contribution is -2.38. The first-order valence-corrected chi connectivity index (χ1v) is 7.51. The van der Waals surface area contributed by atoms with Crippen LogP contribution >= 0.6 is 0 Å². The van der Waals surface area contributed by atoms with Gasteiger partial charge in [-0.3, -0.25) is 9.59 Å². The van der Waals surface area contributed by atoms with Gasteiger partial charge in [-0.05, 0) is 24.5 Å². The van der Waals surface area contributed by atoms with Gasteiger partial charge in [-0.2, -0.15) is 0 Å². The molecule has 1 aromatic rings. The van der Waals surface area contributed by atoms with Crippen LogP contribution in [0.15, 0.2) is 24.3 Å². The predicted octanol–water partition coefficient (Wildman–Crippen LogP) is 2.17. The van der Waals surface area contributed by atoms with E-state index >= 15 is 0 Å². The van der Waals surface area contributed by atoms with Gasteiger partial charge in [0.05, 0.1) is 0 Å². The molecule has 3 N–H and O–H groups in total. The molecular formula is C16H22N2O3. The van der Waals surface area contributed by atoms with Crippen LogP contribution in [0, 0.1) is 0 Å². The van der Waals surface area contributed by atoms with Crippen molar-refractivity contribution in [1.82, 2.24) is 5.32 Å². The van der Waals surface area contributed by atoms with E-state index in [1.54, 1.807) is 0 Å². The second-order valence-corrected chi connectivity index (χ2v) is 5.41. The van der Waals surface area contributed by atoms with Gasteiger partial charge in [-0.15, -0.1) is 0 Å². The molecule has 114 valence electrons. The predicted molar refractivity (Wildman–Crippen MR) is 81.3 cm³/mol. The Labute approximate surface area is 124 Å². The first-order chi connectivity index (χ1) is 10.2. The molecule has 1 aromatic carbocycles. The SMILES string of the molecule is O=C(O)CCCCCCNC(=O)C1Cc2ccccc2N1. The van der Waals surface area contributed by atoms with Crippen LogP contribution < -0.4 is 10.6 Å². The molecule has 21 heavy (non-hydrogen) atoms. The highest BCUT2D eigenvalue weighted by Crippen LogP contribution is 2.24. The van der Waals surface area contributed by atoms with E-state index in [2.05, 4.69) is 10.6 Å². The maximum Gasteiger partial charge on any atom is 0.303 e. The van der Waals surface area contributed by atoms with E-state index < -0.39 is 5.97 Å². The Balaban J connectivity index is 1.58. The number of carbonyl (C=O) groups excluding carboxylic acids is 1. The maximum absolute atomic E-state index is 12.0. The minimum Gasteiger partial charge on any atom is -0.481 e. The second-order valence-electron chi connectivity index (χ2n) is 5.41. The Morgan fingerprint density at radius 1 is 1.19 bits per heavy atom. The average molecular weight is 290 g/mol. The lowest BCUT2D eigenvalue weighted by atomic mass is 10.1. The third-order valence-corrected chi connectivity index (χ3v) is 3.70. The smallest absolute Gasteiger partial charge is 0.303 e. The summed E-state index contributed by atoms with van der Waals surface area (Å²) in [6.07, 6.45) is 4.42. The third kappa shape index (κ3) is 4.77. The highest BCUT2D eigenvalue weighted by atomic mass is 16.4. The molecule has 0 aliphatic carbocycles. The van der Waals surface area contributed by atoms with Gasteiger partial charge in [0.25, 0.3) is 0 Å². The fourth-order valence-corrected chi connectivity index (χ4v) is 2.55. The molecule has 1 aliphatic heterocycles. The fraction of sp³-hybridized carbons (Fsp3) is 0.500. The summed E-state index contributed by atoms with van der Waals surface area (Å²) in [7, 11) is 0. The number of nitrogens with one attached hydrogen (secondary N) is 2. The van der Waals surface area contributed by atoms with Gasteiger partial charge in [-0.25, -0.2) is 0 Å². The van der Waals surface area contributed by atoms with Gasteiger partial charge in [0.15, 0.2) is 0 Å². The zero-order valence-electron chi connectivity index (χ0n) is 12.1. The van der Waals surface area contributed by atoms with Gasteiger partial charge < -0.3 is 15.7 Å². The quantitative estimate of drug-likeness (QED) is 0.641. The molecule has 1 heterocycles. The summed E-state index contributed by atoms with van der Waals surface area (Å²) in [6, 6.07) is 7.80. The summed E-state index contributed by atoms with van der Waals surface area (Å²) in [5.41, 5.74) is 2.23. The van der Waals surface area contributed by atoms with E-state index in [-0.39, 0.29) is 18.4 Å². The van der Waals surface area contributed by atoms with Crippen LogP contribution in [0.3, 0.4) is 0 Å². The van der Waals surface area contributed by atoms with Crippen molar-refractivity contribution in [1.29, 1.82) is 0 Å². The number of hydrogen-bond donors (Lipinski definition) is 3. The fourth-order valence-electron chi connectivity index (χ4n) is 2.55. The number of unbranched alkanes of at least 4 members (excludes halogenated alkanes) is 3. The Morgan fingerprint density at radius 2 is 1.95 bits per heavy atom. The zero-order valence-corrected chi connectivity index (χ0v) is 12.1. The normalized spacial score (nSPS) is 16.1. The Kier molecular flexibility index (Phi) is 5.60. The van der Waals surface area contributed by atoms with Gasteiger partial charge in [-0.1, -0.05) is 31.0 Å². The van der Waals surface area contributed by atoms with Crippen molar-refractivity contribution < 1.29 is 14.7 Å². The van der Waals surface area contributed by atoms with Gasteiger partial charge in [0.2, 0.25) is 5.91 Å². The average Bonchev–Trinajstić information content (AvgIpc) is 2.89. The van der Waals surface area contributed by atoms with Crippen LogP contribution in [0.2, 0.25) is 0 Å². The number of carboxylic acid groups (broad SMARTS) is 1. The number of rotatable bonds is 8. The third-order valence-electron chi connectivity index (χ3n) is 3.70. The molecule has 1 amide bonds. The first kappa shape index (κ1) is 15.4. The second kappa shape index (κ2) is 7.67. The van der Waals surface area contributed by atoms with E-state index in [1.807, 2.05) is 24.3 Å². The molecular weight excluding hydrogens is 268 g/mol. The number of fused-ring (bicyclic) bond motifs is 1. The van der Waals surface area contributed by atoms with Gasteiger partial charge in [0, 0.05) is 25.1 Å². The first-order valence-electron chi connectivity index (χ1n) is 7.51. The van der Waals surface area contributed by atoms with Crippen molar-refractivity contribution in [3.8, 4) is 0 Å². The number of aliphatic carboxylic acids is 1. The molecule has 0 fully saturated rings. The summed E-state index contributed by atoms with van der Waals surface area (Å²) < 4.78 is 0. The number of hydrogen-bond acceptors (Lipinski definition) is 3. The lowest BCUT2D eigenvalue weighted by molar-refractivity contribution is -0.137. The molecule has 2 rings (SSSR count). The molecule has 0 bridgehead atoms. The lowest BCUT2D eigenvalue weighted by Gasteiger charge is -2.11. The molecule has 0 spiro atoms. The molecule has 0 saturated carbocycles. The molecule has 0 aromatic heterocycles.